The summed E-state index contributed by atoms with van der Waals surface area (Å²) in [6, 6.07) is 8.96. The van der Waals surface area contributed by atoms with Gasteiger partial charge < -0.3 is 5.73 Å². The van der Waals surface area contributed by atoms with Gasteiger partial charge in [-0.25, -0.2) is 17.5 Å². The SMILES string of the molecule is Nc1ccc(CNS(=O)(=O)c2ccc(Cl)c(F)c2Cl)cc1. The smallest absolute Gasteiger partial charge is 0.242 e. The number of nitrogens with two attached hydrogens (primary N) is 1. The second-order valence-corrected chi connectivity index (χ2v) is 6.76. The first-order valence-electron chi connectivity index (χ1n) is 5.79. The maximum absolute atomic E-state index is 13.6. The van der Waals surface area contributed by atoms with Gasteiger partial charge in [-0.3, -0.25) is 0 Å². The largest absolute Gasteiger partial charge is 0.399 e. The van der Waals surface area contributed by atoms with Gasteiger partial charge in [0.1, 0.15) is 4.90 Å². The number of nitrogens with one attached hydrogen (secondary N) is 1. The van der Waals surface area contributed by atoms with Gasteiger partial charge in [0.05, 0.1) is 10.0 Å². The lowest BCUT2D eigenvalue weighted by atomic mass is 10.2. The number of rotatable bonds is 4. The van der Waals surface area contributed by atoms with Gasteiger partial charge in [-0.15, -0.1) is 0 Å². The number of benzene rings is 2. The van der Waals surface area contributed by atoms with Crippen LogP contribution in [0, 0.1) is 5.82 Å². The monoisotopic (exact) mass is 348 g/mol. The van der Waals surface area contributed by atoms with Gasteiger partial charge in [0, 0.05) is 12.2 Å². The maximum atomic E-state index is 13.6. The Bertz CT molecular complexity index is 764. The second-order valence-electron chi connectivity index (χ2n) is 4.24. The molecule has 0 fully saturated rings. The van der Waals surface area contributed by atoms with Crippen molar-refractivity contribution in [2.75, 3.05) is 5.73 Å². The van der Waals surface area contributed by atoms with Crippen LogP contribution in [0.2, 0.25) is 10.0 Å². The van der Waals surface area contributed by atoms with Crippen LogP contribution in [-0.4, -0.2) is 8.42 Å². The van der Waals surface area contributed by atoms with Crippen molar-refractivity contribution in [1.82, 2.24) is 4.72 Å². The van der Waals surface area contributed by atoms with E-state index in [0.29, 0.717) is 11.3 Å². The molecule has 112 valence electrons. The predicted molar refractivity (Wildman–Crippen MR) is 81.3 cm³/mol. The van der Waals surface area contributed by atoms with Gasteiger partial charge in [-0.05, 0) is 29.8 Å². The highest BCUT2D eigenvalue weighted by atomic mass is 35.5. The van der Waals surface area contributed by atoms with Crippen molar-refractivity contribution < 1.29 is 12.8 Å². The normalized spacial score (nSPS) is 11.6. The molecule has 0 amide bonds. The van der Waals surface area contributed by atoms with E-state index in [1.165, 1.54) is 0 Å². The van der Waals surface area contributed by atoms with Crippen LogP contribution in [0.5, 0.6) is 0 Å². The molecule has 0 bridgehead atoms. The molecular weight excluding hydrogens is 338 g/mol. The Hall–Kier alpha value is -1.34. The molecule has 0 aliphatic rings. The Kier molecular flexibility index (Phi) is 4.73. The molecule has 0 saturated carbocycles. The topological polar surface area (TPSA) is 72.2 Å². The number of halogens is 3. The molecule has 2 aromatic rings. The van der Waals surface area contributed by atoms with E-state index in [9.17, 15) is 12.8 Å². The van der Waals surface area contributed by atoms with Crippen molar-refractivity contribution >= 4 is 38.9 Å². The Morgan fingerprint density at radius 2 is 1.71 bits per heavy atom. The van der Waals surface area contributed by atoms with Crippen LogP contribution in [0.3, 0.4) is 0 Å². The van der Waals surface area contributed by atoms with Crippen molar-refractivity contribution in [2.24, 2.45) is 0 Å². The Morgan fingerprint density at radius 1 is 1.10 bits per heavy atom. The fraction of sp³-hybridized carbons (Fsp3) is 0.0769. The van der Waals surface area contributed by atoms with E-state index < -0.39 is 20.9 Å². The average molecular weight is 349 g/mol. The highest BCUT2D eigenvalue weighted by molar-refractivity contribution is 7.89. The summed E-state index contributed by atoms with van der Waals surface area (Å²) in [5.41, 5.74) is 6.82. The predicted octanol–water partition coefficient (Wildman–Crippen LogP) is 3.19. The summed E-state index contributed by atoms with van der Waals surface area (Å²) in [6.45, 7) is 0.0309. The standard InChI is InChI=1S/C13H11Cl2FN2O2S/c14-10-5-6-11(12(15)13(10)16)21(19,20)18-7-8-1-3-9(17)4-2-8/h1-6,18H,7,17H2. The molecule has 0 heterocycles. The highest BCUT2D eigenvalue weighted by Gasteiger charge is 2.21. The number of hydrogen-bond acceptors (Lipinski definition) is 3. The first kappa shape index (κ1) is 16.0. The molecule has 2 aromatic carbocycles. The Balaban J connectivity index is 2.23. The molecule has 0 radical (unpaired) electrons. The van der Waals surface area contributed by atoms with Gasteiger partial charge in [0.25, 0.3) is 0 Å². The van der Waals surface area contributed by atoms with E-state index >= 15 is 0 Å². The lowest BCUT2D eigenvalue weighted by molar-refractivity contribution is 0.577. The summed E-state index contributed by atoms with van der Waals surface area (Å²) in [5.74, 6) is -0.964. The number of nitrogen functional groups attached to an aromatic ring is 1. The van der Waals surface area contributed by atoms with E-state index in [1.54, 1.807) is 24.3 Å². The van der Waals surface area contributed by atoms with E-state index in [-0.39, 0.29) is 16.5 Å². The summed E-state index contributed by atoms with van der Waals surface area (Å²) < 4.78 is 40.1. The Morgan fingerprint density at radius 3 is 2.33 bits per heavy atom. The van der Waals surface area contributed by atoms with Crippen molar-refractivity contribution in [1.29, 1.82) is 0 Å². The van der Waals surface area contributed by atoms with Crippen molar-refractivity contribution in [2.45, 2.75) is 11.4 Å². The quantitative estimate of drug-likeness (QED) is 0.658. The molecule has 4 nitrogen and oxygen atoms in total. The van der Waals surface area contributed by atoms with Crippen LogP contribution in [0.4, 0.5) is 10.1 Å². The third-order valence-corrected chi connectivity index (χ3v) is 4.95. The molecule has 21 heavy (non-hydrogen) atoms. The van der Waals surface area contributed by atoms with Crippen LogP contribution in [0.1, 0.15) is 5.56 Å². The summed E-state index contributed by atoms with van der Waals surface area (Å²) in [5, 5.41) is -0.773. The van der Waals surface area contributed by atoms with Gasteiger partial charge in [0.15, 0.2) is 5.82 Å². The molecule has 0 spiro atoms. The van der Waals surface area contributed by atoms with E-state index in [1.807, 2.05) is 0 Å². The lowest BCUT2D eigenvalue weighted by Crippen LogP contribution is -2.23. The summed E-state index contributed by atoms with van der Waals surface area (Å²) >= 11 is 11.2. The first-order chi connectivity index (χ1) is 9.81. The van der Waals surface area contributed by atoms with E-state index in [4.69, 9.17) is 28.9 Å². The van der Waals surface area contributed by atoms with Crippen molar-refractivity contribution in [3.8, 4) is 0 Å². The van der Waals surface area contributed by atoms with Gasteiger partial charge >= 0.3 is 0 Å². The molecular formula is C13H11Cl2FN2O2S. The number of anilines is 1. The minimum atomic E-state index is -3.95. The molecule has 0 aliphatic heterocycles. The minimum Gasteiger partial charge on any atom is -0.399 e. The maximum Gasteiger partial charge on any atom is 0.242 e. The molecule has 0 unspecified atom stereocenters. The third kappa shape index (κ3) is 3.65. The Labute approximate surface area is 131 Å². The summed E-state index contributed by atoms with van der Waals surface area (Å²) in [7, 11) is -3.95. The third-order valence-electron chi connectivity index (χ3n) is 2.74. The highest BCUT2D eigenvalue weighted by Crippen LogP contribution is 2.29. The van der Waals surface area contributed by atoms with Crippen molar-refractivity contribution in [3.05, 3.63) is 57.8 Å². The zero-order valence-electron chi connectivity index (χ0n) is 10.6. The number of hydrogen-bond donors (Lipinski definition) is 2. The molecule has 0 aliphatic carbocycles. The minimum absolute atomic E-state index is 0.0309. The van der Waals surface area contributed by atoms with Gasteiger partial charge in [0.2, 0.25) is 10.0 Å². The van der Waals surface area contributed by atoms with Crippen LogP contribution >= 0.6 is 23.2 Å². The molecule has 0 saturated heterocycles. The molecule has 0 aromatic heterocycles. The molecule has 2 rings (SSSR count). The zero-order valence-corrected chi connectivity index (χ0v) is 12.9. The zero-order chi connectivity index (χ0) is 15.6. The second kappa shape index (κ2) is 6.19. The molecule has 8 heteroatoms. The van der Waals surface area contributed by atoms with E-state index in [0.717, 1.165) is 12.1 Å². The number of sulfonamides is 1. The fourth-order valence-corrected chi connectivity index (χ4v) is 3.37. The average Bonchev–Trinajstić information content (AvgIpc) is 2.44. The lowest BCUT2D eigenvalue weighted by Gasteiger charge is -2.09. The first-order valence-corrected chi connectivity index (χ1v) is 8.03. The van der Waals surface area contributed by atoms with Gasteiger partial charge in [-0.2, -0.15) is 0 Å². The molecule has 0 atom stereocenters. The van der Waals surface area contributed by atoms with E-state index in [2.05, 4.69) is 4.72 Å². The molecule has 3 N–H and O–H groups in total. The van der Waals surface area contributed by atoms with Gasteiger partial charge in [-0.1, -0.05) is 35.3 Å². The van der Waals surface area contributed by atoms with Crippen LogP contribution in [0.15, 0.2) is 41.3 Å². The van der Waals surface area contributed by atoms with Crippen LogP contribution < -0.4 is 10.5 Å². The van der Waals surface area contributed by atoms with Crippen LogP contribution in [-0.2, 0) is 16.6 Å². The van der Waals surface area contributed by atoms with Crippen LogP contribution in [0.25, 0.3) is 0 Å². The van der Waals surface area contributed by atoms with Crippen molar-refractivity contribution in [3.63, 3.8) is 0 Å². The summed E-state index contributed by atoms with van der Waals surface area (Å²) in [4.78, 5) is -0.360. The summed E-state index contributed by atoms with van der Waals surface area (Å²) in [6.07, 6.45) is 0. The fourth-order valence-electron chi connectivity index (χ4n) is 1.61.